The number of methoxy groups -OCH3 is 3. The molecule has 134 valence electrons. The van der Waals surface area contributed by atoms with Gasteiger partial charge in [-0.1, -0.05) is 0 Å². The Kier molecular flexibility index (Phi) is 5.28. The van der Waals surface area contributed by atoms with Gasteiger partial charge < -0.3 is 23.5 Å². The zero-order chi connectivity index (χ0) is 17.8. The van der Waals surface area contributed by atoms with Crippen molar-refractivity contribution in [2.75, 3.05) is 34.4 Å². The van der Waals surface area contributed by atoms with E-state index in [1.165, 1.54) is 0 Å². The van der Waals surface area contributed by atoms with Crippen LogP contribution in [0.5, 0.6) is 11.5 Å². The van der Waals surface area contributed by atoms with Crippen molar-refractivity contribution in [3.63, 3.8) is 0 Å². The van der Waals surface area contributed by atoms with Crippen molar-refractivity contribution in [3.05, 3.63) is 47.4 Å². The second-order valence-corrected chi connectivity index (χ2v) is 6.04. The van der Waals surface area contributed by atoms with Gasteiger partial charge in [-0.2, -0.15) is 0 Å². The molecule has 0 spiro atoms. The van der Waals surface area contributed by atoms with E-state index in [-0.39, 0.29) is 11.8 Å². The van der Waals surface area contributed by atoms with Gasteiger partial charge in [-0.3, -0.25) is 4.79 Å². The van der Waals surface area contributed by atoms with Gasteiger partial charge >= 0.3 is 0 Å². The molecule has 0 N–H and O–H groups in total. The number of carbonyl (C=O) groups is 1. The number of furan rings is 1. The molecule has 0 radical (unpaired) electrons. The molecule has 25 heavy (non-hydrogen) atoms. The Labute approximate surface area is 147 Å². The summed E-state index contributed by atoms with van der Waals surface area (Å²) in [6.45, 7) is 1.67. The number of nitrogens with zero attached hydrogens (tertiary/aromatic N) is 1. The van der Waals surface area contributed by atoms with E-state index in [4.69, 9.17) is 18.6 Å². The standard InChI is InChI=1S/C19H23NO5/c1-22-12-15-5-7-18(25-15)19(21)20-9-8-13(11-20)16-10-14(23-2)4-6-17(16)24-3/h4-7,10,13H,8-9,11-12H2,1-3H3/t13-/m1/s1. The van der Waals surface area contributed by atoms with Crippen molar-refractivity contribution in [1.82, 2.24) is 4.90 Å². The van der Waals surface area contributed by atoms with Gasteiger partial charge in [0.2, 0.25) is 0 Å². The van der Waals surface area contributed by atoms with E-state index < -0.39 is 0 Å². The maximum Gasteiger partial charge on any atom is 0.289 e. The van der Waals surface area contributed by atoms with Gasteiger partial charge in [0, 0.05) is 31.7 Å². The Morgan fingerprint density at radius 1 is 1.20 bits per heavy atom. The monoisotopic (exact) mass is 345 g/mol. The second-order valence-electron chi connectivity index (χ2n) is 6.04. The lowest BCUT2D eigenvalue weighted by atomic mass is 9.97. The van der Waals surface area contributed by atoms with E-state index in [0.29, 0.717) is 31.2 Å². The molecule has 1 aliphatic rings. The summed E-state index contributed by atoms with van der Waals surface area (Å²) in [7, 11) is 4.89. The average molecular weight is 345 g/mol. The number of ether oxygens (including phenoxy) is 3. The van der Waals surface area contributed by atoms with Gasteiger partial charge in [-0.25, -0.2) is 0 Å². The van der Waals surface area contributed by atoms with E-state index in [1.807, 2.05) is 23.1 Å². The van der Waals surface area contributed by atoms with Crippen LogP contribution in [-0.2, 0) is 11.3 Å². The minimum absolute atomic E-state index is 0.0910. The lowest BCUT2D eigenvalue weighted by molar-refractivity contribution is 0.0751. The number of likely N-dealkylation sites (tertiary alicyclic amines) is 1. The summed E-state index contributed by atoms with van der Waals surface area (Å²) in [4.78, 5) is 14.5. The van der Waals surface area contributed by atoms with Crippen LogP contribution < -0.4 is 9.47 Å². The first-order valence-electron chi connectivity index (χ1n) is 8.25. The van der Waals surface area contributed by atoms with Crippen LogP contribution in [-0.4, -0.2) is 45.2 Å². The highest BCUT2D eigenvalue weighted by atomic mass is 16.5. The molecule has 0 bridgehead atoms. The summed E-state index contributed by atoms with van der Waals surface area (Å²) in [6, 6.07) is 9.25. The fraction of sp³-hybridized carbons (Fsp3) is 0.421. The molecule has 1 fully saturated rings. The first-order chi connectivity index (χ1) is 12.2. The Morgan fingerprint density at radius 3 is 2.76 bits per heavy atom. The van der Waals surface area contributed by atoms with Gasteiger partial charge in [-0.15, -0.1) is 0 Å². The van der Waals surface area contributed by atoms with Crippen LogP contribution in [0.1, 0.15) is 34.2 Å². The molecule has 6 nitrogen and oxygen atoms in total. The predicted octanol–water partition coefficient (Wildman–Crippen LogP) is 3.07. The summed E-state index contributed by atoms with van der Waals surface area (Å²) in [5.74, 6) is 2.73. The smallest absolute Gasteiger partial charge is 0.289 e. The molecule has 6 heteroatoms. The zero-order valence-electron chi connectivity index (χ0n) is 14.8. The summed E-state index contributed by atoms with van der Waals surface area (Å²) < 4.78 is 21.4. The molecule has 1 amide bonds. The average Bonchev–Trinajstić information content (AvgIpc) is 3.30. The van der Waals surface area contributed by atoms with Crippen molar-refractivity contribution in [2.24, 2.45) is 0 Å². The van der Waals surface area contributed by atoms with E-state index >= 15 is 0 Å². The maximum atomic E-state index is 12.7. The van der Waals surface area contributed by atoms with Crippen molar-refractivity contribution >= 4 is 5.91 Å². The third-order valence-electron chi connectivity index (χ3n) is 4.51. The lowest BCUT2D eigenvalue weighted by Crippen LogP contribution is -2.28. The third-order valence-corrected chi connectivity index (χ3v) is 4.51. The van der Waals surface area contributed by atoms with Crippen LogP contribution in [0, 0.1) is 0 Å². The predicted molar refractivity (Wildman–Crippen MR) is 92.2 cm³/mol. The first-order valence-corrected chi connectivity index (χ1v) is 8.25. The number of amides is 1. The molecule has 1 aliphatic heterocycles. The summed E-state index contributed by atoms with van der Waals surface area (Å²) >= 11 is 0. The highest BCUT2D eigenvalue weighted by Crippen LogP contribution is 2.36. The van der Waals surface area contributed by atoms with Crippen molar-refractivity contribution in [3.8, 4) is 11.5 Å². The topological polar surface area (TPSA) is 61.1 Å². The molecule has 1 aromatic carbocycles. The van der Waals surface area contributed by atoms with Crippen LogP contribution in [0.15, 0.2) is 34.7 Å². The second kappa shape index (κ2) is 7.61. The van der Waals surface area contributed by atoms with Crippen molar-refractivity contribution in [2.45, 2.75) is 18.9 Å². The summed E-state index contributed by atoms with van der Waals surface area (Å²) in [5, 5.41) is 0. The molecule has 1 aromatic heterocycles. The van der Waals surface area contributed by atoms with Crippen LogP contribution in [0.25, 0.3) is 0 Å². The van der Waals surface area contributed by atoms with E-state index in [0.717, 1.165) is 23.5 Å². The Morgan fingerprint density at radius 2 is 2.04 bits per heavy atom. The Bertz CT molecular complexity index is 739. The Hall–Kier alpha value is -2.47. The molecule has 1 atom stereocenters. The highest BCUT2D eigenvalue weighted by Gasteiger charge is 2.31. The molecule has 2 heterocycles. The van der Waals surface area contributed by atoms with Crippen LogP contribution in [0.4, 0.5) is 0 Å². The first kappa shape index (κ1) is 17.4. The molecular formula is C19H23NO5. The number of benzene rings is 1. The van der Waals surface area contributed by atoms with Gasteiger partial charge in [0.25, 0.3) is 5.91 Å². The minimum atomic E-state index is -0.0910. The molecule has 3 rings (SSSR count). The number of rotatable bonds is 6. The van der Waals surface area contributed by atoms with Gasteiger partial charge in [0.15, 0.2) is 5.76 Å². The fourth-order valence-corrected chi connectivity index (χ4v) is 3.23. The number of hydrogen-bond donors (Lipinski definition) is 0. The fourth-order valence-electron chi connectivity index (χ4n) is 3.23. The van der Waals surface area contributed by atoms with Crippen LogP contribution >= 0.6 is 0 Å². The lowest BCUT2D eigenvalue weighted by Gasteiger charge is -2.17. The van der Waals surface area contributed by atoms with Gasteiger partial charge in [0.05, 0.1) is 14.2 Å². The minimum Gasteiger partial charge on any atom is -0.497 e. The molecule has 0 unspecified atom stereocenters. The molecule has 1 saturated heterocycles. The van der Waals surface area contributed by atoms with E-state index in [2.05, 4.69) is 0 Å². The highest BCUT2D eigenvalue weighted by molar-refractivity contribution is 5.91. The Balaban J connectivity index is 1.73. The summed E-state index contributed by atoms with van der Waals surface area (Å²) in [5.41, 5.74) is 1.07. The normalized spacial score (nSPS) is 16.9. The van der Waals surface area contributed by atoms with Crippen molar-refractivity contribution in [1.29, 1.82) is 0 Å². The van der Waals surface area contributed by atoms with Crippen LogP contribution in [0.3, 0.4) is 0 Å². The quantitative estimate of drug-likeness (QED) is 0.805. The third kappa shape index (κ3) is 3.64. The van der Waals surface area contributed by atoms with Gasteiger partial charge in [-0.05, 0) is 36.8 Å². The maximum absolute atomic E-state index is 12.7. The number of hydrogen-bond acceptors (Lipinski definition) is 5. The molecule has 2 aromatic rings. The molecule has 0 saturated carbocycles. The van der Waals surface area contributed by atoms with Crippen molar-refractivity contribution < 1.29 is 23.4 Å². The molecule has 0 aliphatic carbocycles. The van der Waals surface area contributed by atoms with Gasteiger partial charge in [0.1, 0.15) is 23.9 Å². The molecular weight excluding hydrogens is 322 g/mol. The SMILES string of the molecule is COCc1ccc(C(=O)N2CC[C@@H](c3cc(OC)ccc3OC)C2)o1. The largest absolute Gasteiger partial charge is 0.497 e. The number of carbonyl (C=O) groups excluding carboxylic acids is 1. The van der Waals surface area contributed by atoms with E-state index in [1.54, 1.807) is 33.5 Å². The zero-order valence-corrected chi connectivity index (χ0v) is 14.8. The van der Waals surface area contributed by atoms with Crippen LogP contribution in [0.2, 0.25) is 0 Å². The summed E-state index contributed by atoms with van der Waals surface area (Å²) in [6.07, 6.45) is 0.876. The van der Waals surface area contributed by atoms with E-state index in [9.17, 15) is 4.79 Å².